The first-order chi connectivity index (χ1) is 8.39. The highest BCUT2D eigenvalue weighted by Crippen LogP contribution is 2.41. The Morgan fingerprint density at radius 2 is 1.94 bits per heavy atom. The molecule has 1 unspecified atom stereocenters. The second-order valence-corrected chi connectivity index (χ2v) is 5.94. The Bertz CT molecular complexity index is 537. The number of benzene rings is 1. The molecule has 0 aliphatic rings. The lowest BCUT2D eigenvalue weighted by Gasteiger charge is -2.16. The van der Waals surface area contributed by atoms with Crippen LogP contribution in [0.4, 0.5) is 13.2 Å². The summed E-state index contributed by atoms with van der Waals surface area (Å²) in [4.78, 5) is 0.699. The SMILES string of the molecule is FC(F)(F)c1cc(Br)ccc1C(Cl)c1cccs1. The van der Waals surface area contributed by atoms with Crippen LogP contribution in [0.1, 0.15) is 21.4 Å². The van der Waals surface area contributed by atoms with Gasteiger partial charge in [0, 0.05) is 9.35 Å². The van der Waals surface area contributed by atoms with Crippen molar-refractivity contribution in [2.75, 3.05) is 0 Å². The van der Waals surface area contributed by atoms with Gasteiger partial charge in [0.1, 0.15) is 0 Å². The molecule has 0 aliphatic heterocycles. The molecule has 0 fully saturated rings. The first kappa shape index (κ1) is 13.9. The van der Waals surface area contributed by atoms with E-state index in [0.717, 1.165) is 6.07 Å². The van der Waals surface area contributed by atoms with Gasteiger partial charge in [-0.15, -0.1) is 22.9 Å². The van der Waals surface area contributed by atoms with E-state index in [1.54, 1.807) is 23.6 Å². The minimum atomic E-state index is -4.41. The Morgan fingerprint density at radius 3 is 2.50 bits per heavy atom. The Hall–Kier alpha value is -0.520. The van der Waals surface area contributed by atoms with Gasteiger partial charge in [-0.05, 0) is 29.1 Å². The lowest BCUT2D eigenvalue weighted by atomic mass is 10.0. The van der Waals surface area contributed by atoms with Crippen LogP contribution in [0.25, 0.3) is 0 Å². The Morgan fingerprint density at radius 1 is 1.22 bits per heavy atom. The molecule has 2 aromatic rings. The predicted octanol–water partition coefficient (Wildman–Crippen LogP) is 5.86. The fraction of sp³-hybridized carbons (Fsp3) is 0.167. The number of rotatable bonds is 2. The summed E-state index contributed by atoms with van der Waals surface area (Å²) < 4.78 is 39.2. The Labute approximate surface area is 120 Å². The lowest BCUT2D eigenvalue weighted by Crippen LogP contribution is -2.10. The molecule has 0 saturated carbocycles. The minimum Gasteiger partial charge on any atom is -0.166 e. The second-order valence-electron chi connectivity index (χ2n) is 3.61. The number of halogens is 5. The van der Waals surface area contributed by atoms with Gasteiger partial charge in [0.05, 0.1) is 10.9 Å². The quantitative estimate of drug-likeness (QED) is 0.592. The van der Waals surface area contributed by atoms with Gasteiger partial charge in [0.15, 0.2) is 0 Å². The largest absolute Gasteiger partial charge is 0.416 e. The fourth-order valence-electron chi connectivity index (χ4n) is 1.58. The van der Waals surface area contributed by atoms with Crippen molar-refractivity contribution < 1.29 is 13.2 Å². The van der Waals surface area contributed by atoms with Gasteiger partial charge in [-0.3, -0.25) is 0 Å². The molecule has 1 aromatic heterocycles. The van der Waals surface area contributed by atoms with Gasteiger partial charge in [0.25, 0.3) is 0 Å². The maximum absolute atomic E-state index is 13.0. The molecular formula is C12H7BrClF3S. The average Bonchev–Trinajstić information content (AvgIpc) is 2.80. The average molecular weight is 356 g/mol. The number of alkyl halides is 4. The van der Waals surface area contributed by atoms with Gasteiger partial charge in [-0.25, -0.2) is 0 Å². The summed E-state index contributed by atoms with van der Waals surface area (Å²) in [6.45, 7) is 0. The molecule has 1 aromatic carbocycles. The van der Waals surface area contributed by atoms with E-state index in [1.807, 2.05) is 0 Å². The fourth-order valence-corrected chi connectivity index (χ4v) is 3.08. The molecule has 0 aliphatic carbocycles. The highest BCUT2D eigenvalue weighted by Gasteiger charge is 2.35. The maximum atomic E-state index is 13.0. The van der Waals surface area contributed by atoms with Gasteiger partial charge in [0.2, 0.25) is 0 Å². The van der Waals surface area contributed by atoms with Crippen molar-refractivity contribution in [1.29, 1.82) is 0 Å². The maximum Gasteiger partial charge on any atom is 0.416 e. The van der Waals surface area contributed by atoms with Crippen molar-refractivity contribution in [2.45, 2.75) is 11.6 Å². The molecule has 0 nitrogen and oxygen atoms in total. The summed E-state index contributed by atoms with van der Waals surface area (Å²) in [6, 6.07) is 7.52. The highest BCUT2D eigenvalue weighted by atomic mass is 79.9. The van der Waals surface area contributed by atoms with E-state index in [2.05, 4.69) is 15.9 Å². The van der Waals surface area contributed by atoms with Crippen LogP contribution in [0.5, 0.6) is 0 Å². The minimum absolute atomic E-state index is 0.0785. The molecule has 0 spiro atoms. The Balaban J connectivity index is 2.51. The van der Waals surface area contributed by atoms with E-state index < -0.39 is 17.1 Å². The van der Waals surface area contributed by atoms with E-state index in [0.29, 0.717) is 9.35 Å². The molecule has 0 saturated heterocycles. The van der Waals surface area contributed by atoms with Crippen molar-refractivity contribution in [1.82, 2.24) is 0 Å². The number of thiophene rings is 1. The van der Waals surface area contributed by atoms with E-state index >= 15 is 0 Å². The van der Waals surface area contributed by atoms with Gasteiger partial charge >= 0.3 is 6.18 Å². The number of hydrogen-bond donors (Lipinski definition) is 0. The van der Waals surface area contributed by atoms with E-state index in [1.165, 1.54) is 17.4 Å². The summed E-state index contributed by atoms with van der Waals surface area (Å²) in [7, 11) is 0. The molecule has 0 bridgehead atoms. The van der Waals surface area contributed by atoms with Crippen LogP contribution in [0.15, 0.2) is 40.2 Å². The highest BCUT2D eigenvalue weighted by molar-refractivity contribution is 9.10. The molecule has 96 valence electrons. The van der Waals surface area contributed by atoms with Crippen LogP contribution in [0.2, 0.25) is 0 Å². The summed E-state index contributed by atoms with van der Waals surface area (Å²) in [5.41, 5.74) is -0.625. The first-order valence-electron chi connectivity index (χ1n) is 4.93. The second kappa shape index (κ2) is 5.23. The van der Waals surface area contributed by atoms with Crippen LogP contribution < -0.4 is 0 Å². The van der Waals surface area contributed by atoms with Crippen molar-refractivity contribution in [2.24, 2.45) is 0 Å². The summed E-state index contributed by atoms with van der Waals surface area (Å²) in [6.07, 6.45) is -4.41. The molecule has 18 heavy (non-hydrogen) atoms. The van der Waals surface area contributed by atoms with E-state index in [9.17, 15) is 13.2 Å². The zero-order valence-corrected chi connectivity index (χ0v) is 12.0. The summed E-state index contributed by atoms with van der Waals surface area (Å²) >= 11 is 10.5. The summed E-state index contributed by atoms with van der Waals surface area (Å²) in [5, 5.41) is 1.01. The van der Waals surface area contributed by atoms with Crippen LogP contribution in [-0.4, -0.2) is 0 Å². The number of hydrogen-bond acceptors (Lipinski definition) is 1. The van der Waals surface area contributed by atoms with Crippen LogP contribution in [0, 0.1) is 0 Å². The van der Waals surface area contributed by atoms with Gasteiger partial charge in [-0.1, -0.05) is 28.1 Å². The monoisotopic (exact) mass is 354 g/mol. The smallest absolute Gasteiger partial charge is 0.166 e. The third-order valence-corrected chi connectivity index (χ3v) is 4.42. The standard InChI is InChI=1S/C12H7BrClF3S/c13-7-3-4-8(9(6-7)12(15,16)17)11(14)10-2-1-5-18-10/h1-6,11H. The molecule has 1 heterocycles. The molecule has 1 atom stereocenters. The van der Waals surface area contributed by atoms with Crippen molar-refractivity contribution in [3.63, 3.8) is 0 Å². The molecule has 0 N–H and O–H groups in total. The van der Waals surface area contributed by atoms with Crippen LogP contribution >= 0.6 is 38.9 Å². The molecule has 6 heteroatoms. The normalized spacial score (nSPS) is 13.6. The van der Waals surface area contributed by atoms with Crippen LogP contribution in [-0.2, 0) is 6.18 Å². The van der Waals surface area contributed by atoms with Crippen molar-refractivity contribution in [3.05, 3.63) is 56.2 Å². The first-order valence-corrected chi connectivity index (χ1v) is 7.04. The zero-order valence-electron chi connectivity index (χ0n) is 8.84. The molecule has 0 amide bonds. The molecule has 2 rings (SSSR count). The van der Waals surface area contributed by atoms with Crippen molar-refractivity contribution >= 4 is 38.9 Å². The molecule has 0 radical (unpaired) electrons. The third-order valence-electron chi connectivity index (χ3n) is 2.39. The summed E-state index contributed by atoms with van der Waals surface area (Å²) in [5.74, 6) is 0. The van der Waals surface area contributed by atoms with Gasteiger partial charge in [-0.2, -0.15) is 13.2 Å². The van der Waals surface area contributed by atoms with E-state index in [-0.39, 0.29) is 5.56 Å². The molecular weight excluding hydrogens is 349 g/mol. The van der Waals surface area contributed by atoms with E-state index in [4.69, 9.17) is 11.6 Å². The zero-order chi connectivity index (χ0) is 13.3. The third kappa shape index (κ3) is 2.90. The lowest BCUT2D eigenvalue weighted by molar-refractivity contribution is -0.138. The van der Waals surface area contributed by atoms with Gasteiger partial charge < -0.3 is 0 Å². The van der Waals surface area contributed by atoms with Crippen LogP contribution in [0.3, 0.4) is 0 Å². The Kier molecular flexibility index (Phi) is 4.04. The topological polar surface area (TPSA) is 0 Å². The van der Waals surface area contributed by atoms with Crippen molar-refractivity contribution in [3.8, 4) is 0 Å². The predicted molar refractivity (Wildman–Crippen MR) is 71.2 cm³/mol.